The minimum Gasteiger partial charge on any atom is -0.504 e. The van der Waals surface area contributed by atoms with Gasteiger partial charge in [-0.25, -0.2) is 10.5 Å². The van der Waals surface area contributed by atoms with E-state index < -0.39 is 0 Å². The lowest BCUT2D eigenvalue weighted by Gasteiger charge is -2.26. The van der Waals surface area contributed by atoms with Crippen LogP contribution < -0.4 is 26.6 Å². The second-order valence-electron chi connectivity index (χ2n) is 14.2. The highest BCUT2D eigenvalue weighted by molar-refractivity contribution is 5.88. The number of aromatic nitrogens is 3. The lowest BCUT2D eigenvalue weighted by atomic mass is 9.96. The summed E-state index contributed by atoms with van der Waals surface area (Å²) in [6, 6.07) is 30.7. The molecule has 0 bridgehead atoms. The van der Waals surface area contributed by atoms with Crippen molar-refractivity contribution in [2.45, 2.75) is 64.5 Å². The maximum Gasteiger partial charge on any atom is 0.205 e. The van der Waals surface area contributed by atoms with Gasteiger partial charge in [-0.2, -0.15) is 0 Å². The molecule has 1 aliphatic rings. The van der Waals surface area contributed by atoms with Crippen molar-refractivity contribution in [3.63, 3.8) is 0 Å². The molecular formula is C44H49N7O4. The molecule has 11 nitrogen and oxygen atoms in total. The van der Waals surface area contributed by atoms with Crippen molar-refractivity contribution in [3.8, 4) is 45.3 Å². The SMILES string of the molecule is CN1Cc2ccccc2-c2c(nnn2CCCCCCCCCCN(N)/C=C(\N)COc2c(O)ccc3c(=O)cc(-c4ccccc4)oc23)-c2ccccc21. The van der Waals surface area contributed by atoms with Gasteiger partial charge in [-0.1, -0.05) is 117 Å². The van der Waals surface area contributed by atoms with Gasteiger partial charge in [-0.05, 0) is 36.6 Å². The molecule has 5 N–H and O–H groups in total. The molecule has 0 amide bonds. The molecule has 284 valence electrons. The van der Waals surface area contributed by atoms with Gasteiger partial charge in [-0.15, -0.1) is 5.10 Å². The van der Waals surface area contributed by atoms with Crippen LogP contribution in [0.25, 0.3) is 44.8 Å². The third kappa shape index (κ3) is 8.68. The van der Waals surface area contributed by atoms with Crippen LogP contribution in [0.2, 0.25) is 0 Å². The summed E-state index contributed by atoms with van der Waals surface area (Å²) in [4.78, 5) is 15.1. The van der Waals surface area contributed by atoms with E-state index in [-0.39, 0.29) is 29.1 Å². The van der Waals surface area contributed by atoms with E-state index in [0.717, 1.165) is 67.7 Å². The summed E-state index contributed by atoms with van der Waals surface area (Å²) in [6.45, 7) is 2.29. The minimum absolute atomic E-state index is 0.0438. The molecule has 0 unspecified atom stereocenters. The summed E-state index contributed by atoms with van der Waals surface area (Å²) < 4.78 is 14.0. The maximum atomic E-state index is 12.8. The van der Waals surface area contributed by atoms with E-state index in [1.807, 2.05) is 30.3 Å². The smallest absolute Gasteiger partial charge is 0.205 e. The Morgan fingerprint density at radius 2 is 1.58 bits per heavy atom. The van der Waals surface area contributed by atoms with E-state index in [1.165, 1.54) is 54.3 Å². The lowest BCUT2D eigenvalue weighted by molar-refractivity contribution is 0.316. The number of hydrazine groups is 1. The Labute approximate surface area is 321 Å². The second-order valence-corrected chi connectivity index (χ2v) is 14.2. The standard InChI is InChI=1S/C44H49N7O4/c1-49-28-32-19-11-12-20-34(32)42-41(35-21-13-14-22-37(35)49)47-48-51(42)26-16-7-5-3-2-4-6-15-25-50(46)29-33(45)30-54-44-38(52)24-23-36-39(53)27-40(55-43(36)44)31-17-9-8-10-18-31/h8-14,17-24,27,29,52H,2-7,15-16,25-26,28,30,45-46H2,1H3/b33-29-. The van der Waals surface area contributed by atoms with Crippen LogP contribution in [0.5, 0.6) is 11.5 Å². The number of aromatic hydroxyl groups is 1. The van der Waals surface area contributed by atoms with Crippen LogP contribution >= 0.6 is 0 Å². The first-order chi connectivity index (χ1) is 26.9. The molecule has 2 aromatic heterocycles. The van der Waals surface area contributed by atoms with E-state index >= 15 is 0 Å². The topological polar surface area (TPSA) is 149 Å². The van der Waals surface area contributed by atoms with Gasteiger partial charge >= 0.3 is 0 Å². The molecule has 0 saturated heterocycles. The van der Waals surface area contributed by atoms with Crippen LogP contribution in [0.1, 0.15) is 56.9 Å². The van der Waals surface area contributed by atoms with Crippen molar-refractivity contribution >= 4 is 16.7 Å². The summed E-state index contributed by atoms with van der Waals surface area (Å²) in [5, 5.41) is 21.8. The van der Waals surface area contributed by atoms with Crippen molar-refractivity contribution in [2.24, 2.45) is 11.6 Å². The van der Waals surface area contributed by atoms with E-state index in [9.17, 15) is 9.90 Å². The van der Waals surface area contributed by atoms with Gasteiger partial charge in [0, 0.05) is 61.3 Å². The third-order valence-corrected chi connectivity index (χ3v) is 10.1. The number of fused-ring (bicyclic) bond motifs is 6. The zero-order chi connectivity index (χ0) is 38.1. The number of aryl methyl sites for hydroxylation is 1. The average Bonchev–Trinajstić information content (AvgIpc) is 3.61. The summed E-state index contributed by atoms with van der Waals surface area (Å²) in [6.07, 6.45) is 10.6. The van der Waals surface area contributed by atoms with Crippen LogP contribution in [0.3, 0.4) is 0 Å². The molecule has 7 rings (SSSR count). The van der Waals surface area contributed by atoms with Crippen LogP contribution in [0, 0.1) is 0 Å². The van der Waals surface area contributed by atoms with Crippen LogP contribution in [0.15, 0.2) is 118 Å². The second kappa shape index (κ2) is 17.4. The Morgan fingerprint density at radius 3 is 2.38 bits per heavy atom. The summed E-state index contributed by atoms with van der Waals surface area (Å²) in [5.74, 6) is 6.50. The number of nitrogens with zero attached hydrogens (tertiary/aromatic N) is 5. The molecule has 0 atom stereocenters. The molecule has 0 fully saturated rings. The first-order valence-corrected chi connectivity index (χ1v) is 19.1. The predicted molar refractivity (Wildman–Crippen MR) is 218 cm³/mol. The number of rotatable bonds is 16. The highest BCUT2D eigenvalue weighted by atomic mass is 16.5. The fourth-order valence-corrected chi connectivity index (χ4v) is 7.31. The van der Waals surface area contributed by atoms with E-state index in [1.54, 1.807) is 11.2 Å². The number of nitrogens with two attached hydrogens (primary N) is 2. The number of ether oxygens (including phenoxy) is 1. The van der Waals surface area contributed by atoms with E-state index in [4.69, 9.17) is 25.8 Å². The number of hydrogen-bond donors (Lipinski definition) is 3. The summed E-state index contributed by atoms with van der Waals surface area (Å²) >= 11 is 0. The van der Waals surface area contributed by atoms with Crippen LogP contribution in [-0.4, -0.2) is 45.3 Å². The van der Waals surface area contributed by atoms with Crippen molar-refractivity contribution in [3.05, 3.63) is 125 Å². The molecule has 0 spiro atoms. The quantitative estimate of drug-likeness (QED) is 0.0504. The molecular weight excluding hydrogens is 691 g/mol. The van der Waals surface area contributed by atoms with Gasteiger partial charge in [0.05, 0.1) is 16.8 Å². The van der Waals surface area contributed by atoms with Gasteiger partial charge in [0.1, 0.15) is 18.1 Å². The third-order valence-electron chi connectivity index (χ3n) is 10.1. The largest absolute Gasteiger partial charge is 0.504 e. The highest BCUT2D eigenvalue weighted by Crippen LogP contribution is 2.40. The molecule has 0 saturated carbocycles. The Hall–Kier alpha value is -6.07. The summed E-state index contributed by atoms with van der Waals surface area (Å²) in [5.41, 5.74) is 14.1. The normalized spacial score (nSPS) is 12.5. The number of benzene rings is 4. The Morgan fingerprint density at radius 1 is 0.891 bits per heavy atom. The number of para-hydroxylation sites is 1. The zero-order valence-electron chi connectivity index (χ0n) is 31.4. The molecule has 55 heavy (non-hydrogen) atoms. The Bertz CT molecular complexity index is 2320. The maximum absolute atomic E-state index is 12.8. The minimum atomic E-state index is -0.235. The van der Waals surface area contributed by atoms with Crippen molar-refractivity contribution in [2.75, 3.05) is 25.1 Å². The molecule has 4 aromatic carbocycles. The monoisotopic (exact) mass is 739 g/mol. The molecule has 3 heterocycles. The fourth-order valence-electron chi connectivity index (χ4n) is 7.31. The van der Waals surface area contributed by atoms with Crippen molar-refractivity contribution in [1.29, 1.82) is 0 Å². The zero-order valence-corrected chi connectivity index (χ0v) is 31.4. The van der Waals surface area contributed by atoms with Gasteiger partial charge < -0.3 is 29.9 Å². The summed E-state index contributed by atoms with van der Waals surface area (Å²) in [7, 11) is 2.14. The number of unbranched alkanes of at least 4 members (excludes halogenated alkanes) is 7. The first-order valence-electron chi connectivity index (χ1n) is 19.1. The molecule has 6 aromatic rings. The molecule has 1 aliphatic heterocycles. The molecule has 0 aliphatic carbocycles. The highest BCUT2D eigenvalue weighted by Gasteiger charge is 2.25. The van der Waals surface area contributed by atoms with Crippen molar-refractivity contribution < 1.29 is 14.3 Å². The van der Waals surface area contributed by atoms with Crippen LogP contribution in [0.4, 0.5) is 5.69 Å². The number of phenols is 1. The Balaban J connectivity index is 0.830. The molecule has 0 radical (unpaired) electrons. The lowest BCUT2D eigenvalue weighted by Crippen LogP contribution is -2.28. The number of hydrogen-bond acceptors (Lipinski definition) is 10. The number of anilines is 1. The molecule has 11 heteroatoms. The predicted octanol–water partition coefficient (Wildman–Crippen LogP) is 8.22. The van der Waals surface area contributed by atoms with E-state index in [2.05, 4.69) is 70.4 Å². The van der Waals surface area contributed by atoms with Crippen molar-refractivity contribution in [1.82, 2.24) is 20.0 Å². The Kier molecular flexibility index (Phi) is 11.8. The van der Waals surface area contributed by atoms with Gasteiger partial charge in [0.15, 0.2) is 16.8 Å². The van der Waals surface area contributed by atoms with E-state index in [0.29, 0.717) is 23.4 Å². The van der Waals surface area contributed by atoms with Gasteiger partial charge in [-0.3, -0.25) is 4.79 Å². The fraction of sp³-hybridized carbons (Fsp3) is 0.295. The van der Waals surface area contributed by atoms with Gasteiger partial charge in [0.2, 0.25) is 5.75 Å². The van der Waals surface area contributed by atoms with Gasteiger partial charge in [0.25, 0.3) is 0 Å². The van der Waals surface area contributed by atoms with Crippen LogP contribution in [-0.2, 0) is 13.1 Å². The first kappa shape index (κ1) is 37.3. The number of phenolic OH excluding ortho intramolecular Hbond substituents is 1. The average molecular weight is 740 g/mol.